The van der Waals surface area contributed by atoms with E-state index in [0.717, 1.165) is 37.7 Å². The Morgan fingerprint density at radius 2 is 1.83 bits per heavy atom. The van der Waals surface area contributed by atoms with Crippen LogP contribution in [0, 0.1) is 5.82 Å². The van der Waals surface area contributed by atoms with E-state index >= 15 is 0 Å². The summed E-state index contributed by atoms with van der Waals surface area (Å²) in [7, 11) is 0. The van der Waals surface area contributed by atoms with Gasteiger partial charge in [0, 0.05) is 37.3 Å². The topological polar surface area (TPSA) is 89.9 Å². The lowest BCUT2D eigenvalue weighted by Crippen LogP contribution is -2.43. The molecule has 1 aliphatic rings. The summed E-state index contributed by atoms with van der Waals surface area (Å²) in [6.45, 7) is 6.36. The zero-order chi connectivity index (χ0) is 22.9. The SMILES string of the molecule is CC(C)N(CCc1cc(F)ccc1C(F)(F)F)[C@H]1CCNC1.O=C(O)C=CC(=O)O. The summed E-state index contributed by atoms with van der Waals surface area (Å²) in [5, 5.41) is 18.9. The van der Waals surface area contributed by atoms with Gasteiger partial charge in [0.1, 0.15) is 5.82 Å². The fourth-order valence-corrected chi connectivity index (χ4v) is 3.22. The summed E-state index contributed by atoms with van der Waals surface area (Å²) in [6.07, 6.45) is -2.14. The first-order valence-electron chi connectivity index (χ1n) is 9.37. The standard InChI is InChI=1S/C16H22F4N2.C4H4O4/c1-11(2)22(14-5-7-21-10-14)8-6-12-9-13(17)3-4-15(12)16(18,19)20;5-3(6)1-2-4(7)8/h3-4,9,11,14,21H,5-8,10H2,1-2H3;1-2H,(H,5,6)(H,7,8)/t14-;/m0./s1. The number of alkyl halides is 3. The van der Waals surface area contributed by atoms with Gasteiger partial charge in [0.2, 0.25) is 0 Å². The summed E-state index contributed by atoms with van der Waals surface area (Å²) in [5.74, 6) is -3.14. The predicted octanol–water partition coefficient (Wildman–Crippen LogP) is 3.17. The van der Waals surface area contributed by atoms with E-state index in [4.69, 9.17) is 10.2 Å². The molecule has 2 rings (SSSR count). The van der Waals surface area contributed by atoms with Crippen molar-refractivity contribution in [3.8, 4) is 0 Å². The van der Waals surface area contributed by atoms with Gasteiger partial charge in [0.25, 0.3) is 0 Å². The number of carbonyl (C=O) groups is 2. The zero-order valence-corrected chi connectivity index (χ0v) is 16.7. The molecule has 0 unspecified atom stereocenters. The lowest BCUT2D eigenvalue weighted by molar-refractivity contribution is -0.138. The maximum atomic E-state index is 13.3. The molecular formula is C20H26F4N2O4. The van der Waals surface area contributed by atoms with Gasteiger partial charge in [-0.2, -0.15) is 13.2 Å². The Hall–Kier alpha value is -2.46. The fourth-order valence-electron chi connectivity index (χ4n) is 3.22. The molecule has 0 spiro atoms. The Labute approximate surface area is 172 Å². The highest BCUT2D eigenvalue weighted by atomic mass is 19.4. The number of halogens is 4. The van der Waals surface area contributed by atoms with Gasteiger partial charge in [-0.1, -0.05) is 0 Å². The molecule has 1 heterocycles. The summed E-state index contributed by atoms with van der Waals surface area (Å²) in [4.78, 5) is 21.3. The minimum Gasteiger partial charge on any atom is -0.478 e. The molecule has 1 saturated heterocycles. The number of hydrogen-bond acceptors (Lipinski definition) is 4. The Kier molecular flexibility index (Phi) is 9.94. The Morgan fingerprint density at radius 3 is 2.27 bits per heavy atom. The largest absolute Gasteiger partial charge is 0.478 e. The van der Waals surface area contributed by atoms with Gasteiger partial charge in [-0.05, 0) is 57.0 Å². The third kappa shape index (κ3) is 8.91. The van der Waals surface area contributed by atoms with Gasteiger partial charge < -0.3 is 15.5 Å². The van der Waals surface area contributed by atoms with Gasteiger partial charge in [-0.25, -0.2) is 14.0 Å². The quantitative estimate of drug-likeness (QED) is 0.451. The normalized spacial score (nSPS) is 16.7. The third-order valence-corrected chi connectivity index (χ3v) is 4.55. The maximum absolute atomic E-state index is 13.3. The Bertz CT molecular complexity index is 729. The Balaban J connectivity index is 0.000000479. The van der Waals surface area contributed by atoms with E-state index in [0.29, 0.717) is 24.7 Å². The van der Waals surface area contributed by atoms with Gasteiger partial charge in [-0.15, -0.1) is 0 Å². The highest BCUT2D eigenvalue weighted by Gasteiger charge is 2.33. The van der Waals surface area contributed by atoms with E-state index in [2.05, 4.69) is 10.2 Å². The lowest BCUT2D eigenvalue weighted by Gasteiger charge is -2.32. The molecule has 10 heteroatoms. The second-order valence-electron chi connectivity index (χ2n) is 7.04. The molecule has 6 nitrogen and oxygen atoms in total. The summed E-state index contributed by atoms with van der Waals surface area (Å²) < 4.78 is 52.4. The van der Waals surface area contributed by atoms with Crippen molar-refractivity contribution in [1.82, 2.24) is 10.2 Å². The van der Waals surface area contributed by atoms with Crippen LogP contribution in [0.5, 0.6) is 0 Å². The maximum Gasteiger partial charge on any atom is 0.416 e. The van der Waals surface area contributed by atoms with Crippen molar-refractivity contribution in [1.29, 1.82) is 0 Å². The van der Waals surface area contributed by atoms with Gasteiger partial charge >= 0.3 is 18.1 Å². The molecule has 1 fully saturated rings. The number of nitrogens with one attached hydrogen (secondary N) is 1. The molecule has 0 aliphatic carbocycles. The zero-order valence-electron chi connectivity index (χ0n) is 16.7. The first-order chi connectivity index (χ1) is 13.9. The molecule has 1 aromatic rings. The average Bonchev–Trinajstić information content (AvgIpc) is 3.13. The van der Waals surface area contributed by atoms with Gasteiger partial charge in [-0.3, -0.25) is 4.90 Å². The van der Waals surface area contributed by atoms with E-state index in [1.807, 2.05) is 13.8 Å². The van der Waals surface area contributed by atoms with E-state index in [-0.39, 0.29) is 18.0 Å². The Morgan fingerprint density at radius 1 is 1.23 bits per heavy atom. The number of benzene rings is 1. The van der Waals surface area contributed by atoms with Crippen molar-refractivity contribution in [3.05, 3.63) is 47.3 Å². The van der Waals surface area contributed by atoms with Crippen LogP contribution in [0.4, 0.5) is 17.6 Å². The van der Waals surface area contributed by atoms with Crippen LogP contribution in [0.1, 0.15) is 31.4 Å². The van der Waals surface area contributed by atoms with Crippen molar-refractivity contribution in [2.75, 3.05) is 19.6 Å². The molecule has 168 valence electrons. The van der Waals surface area contributed by atoms with Crippen LogP contribution in [-0.2, 0) is 22.2 Å². The predicted molar refractivity (Wildman–Crippen MR) is 103 cm³/mol. The molecule has 30 heavy (non-hydrogen) atoms. The molecular weight excluding hydrogens is 408 g/mol. The number of rotatable bonds is 7. The lowest BCUT2D eigenvalue weighted by atomic mass is 10.0. The van der Waals surface area contributed by atoms with E-state index in [1.54, 1.807) is 0 Å². The van der Waals surface area contributed by atoms with E-state index in [9.17, 15) is 27.2 Å². The smallest absolute Gasteiger partial charge is 0.416 e. The average molecular weight is 434 g/mol. The molecule has 0 radical (unpaired) electrons. The van der Waals surface area contributed by atoms with Crippen LogP contribution in [0.3, 0.4) is 0 Å². The van der Waals surface area contributed by atoms with Crippen molar-refractivity contribution in [3.63, 3.8) is 0 Å². The summed E-state index contributed by atoms with van der Waals surface area (Å²) in [5.41, 5.74) is -0.703. The van der Waals surface area contributed by atoms with Crippen LogP contribution in [-0.4, -0.2) is 58.8 Å². The molecule has 0 saturated carbocycles. The van der Waals surface area contributed by atoms with Gasteiger partial charge in [0.15, 0.2) is 0 Å². The number of nitrogens with zero attached hydrogens (tertiary/aromatic N) is 1. The summed E-state index contributed by atoms with van der Waals surface area (Å²) in [6, 6.07) is 3.29. The second-order valence-corrected chi connectivity index (χ2v) is 7.04. The molecule has 0 aromatic heterocycles. The second kappa shape index (κ2) is 11.7. The molecule has 0 amide bonds. The summed E-state index contributed by atoms with van der Waals surface area (Å²) >= 11 is 0. The van der Waals surface area contributed by atoms with E-state index < -0.39 is 29.5 Å². The molecule has 0 bridgehead atoms. The van der Waals surface area contributed by atoms with Crippen LogP contribution in [0.2, 0.25) is 0 Å². The first kappa shape index (κ1) is 25.6. The van der Waals surface area contributed by atoms with Crippen LogP contribution >= 0.6 is 0 Å². The highest BCUT2D eigenvalue weighted by molar-refractivity contribution is 5.89. The highest BCUT2D eigenvalue weighted by Crippen LogP contribution is 2.32. The fraction of sp³-hybridized carbons (Fsp3) is 0.500. The molecule has 1 aliphatic heterocycles. The van der Waals surface area contributed by atoms with Crippen LogP contribution in [0.25, 0.3) is 0 Å². The number of carboxylic acid groups (broad SMARTS) is 2. The molecule has 1 atom stereocenters. The monoisotopic (exact) mass is 434 g/mol. The first-order valence-corrected chi connectivity index (χ1v) is 9.37. The van der Waals surface area contributed by atoms with Crippen LogP contribution < -0.4 is 5.32 Å². The van der Waals surface area contributed by atoms with Crippen LogP contribution in [0.15, 0.2) is 30.4 Å². The van der Waals surface area contributed by atoms with Gasteiger partial charge in [0.05, 0.1) is 5.56 Å². The number of aliphatic carboxylic acids is 2. The number of carboxylic acids is 2. The third-order valence-electron chi connectivity index (χ3n) is 4.55. The van der Waals surface area contributed by atoms with E-state index in [1.165, 1.54) is 0 Å². The minimum atomic E-state index is -4.44. The number of hydrogen-bond donors (Lipinski definition) is 3. The van der Waals surface area contributed by atoms with Crippen molar-refractivity contribution >= 4 is 11.9 Å². The van der Waals surface area contributed by atoms with Crippen molar-refractivity contribution in [2.24, 2.45) is 0 Å². The van der Waals surface area contributed by atoms with Crippen molar-refractivity contribution < 1.29 is 37.4 Å². The minimum absolute atomic E-state index is 0.0316. The molecule has 3 N–H and O–H groups in total. The van der Waals surface area contributed by atoms with Crippen molar-refractivity contribution in [2.45, 2.75) is 44.9 Å². The molecule has 1 aromatic carbocycles.